The lowest BCUT2D eigenvalue weighted by molar-refractivity contribution is 0.0130. The summed E-state index contributed by atoms with van der Waals surface area (Å²) >= 11 is 9.94. The molecule has 1 amide bonds. The van der Waals surface area contributed by atoms with Crippen LogP contribution in [0, 0.1) is 0 Å². The summed E-state index contributed by atoms with van der Waals surface area (Å²) in [6.07, 6.45) is -0.363. The number of piperazine rings is 1. The van der Waals surface area contributed by atoms with Crippen molar-refractivity contribution in [2.24, 2.45) is 0 Å². The Balaban J connectivity index is 1.79. The lowest BCUT2D eigenvalue weighted by Crippen LogP contribution is -2.59. The van der Waals surface area contributed by atoms with Gasteiger partial charge in [-0.2, -0.15) is 4.98 Å². The molecule has 2 aliphatic rings. The van der Waals surface area contributed by atoms with Crippen molar-refractivity contribution in [3.05, 3.63) is 26.0 Å². The Morgan fingerprint density at radius 1 is 1.33 bits per heavy atom. The summed E-state index contributed by atoms with van der Waals surface area (Å²) in [5, 5.41) is 10.9. The summed E-state index contributed by atoms with van der Waals surface area (Å²) in [6, 6.07) is 0.907. The smallest absolute Gasteiger partial charge is 0.410 e. The van der Waals surface area contributed by atoms with E-state index in [1.165, 1.54) is 4.57 Å². The quantitative estimate of drug-likeness (QED) is 0.618. The fourth-order valence-electron chi connectivity index (χ4n) is 4.38. The number of aliphatic hydroxyl groups is 1. The van der Waals surface area contributed by atoms with Gasteiger partial charge >= 0.3 is 11.8 Å². The molecule has 0 spiro atoms. The molecule has 2 aliphatic heterocycles. The van der Waals surface area contributed by atoms with Gasteiger partial charge in [0.2, 0.25) is 0 Å². The minimum atomic E-state index is -0.586. The number of benzene rings is 1. The third-order valence-corrected chi connectivity index (χ3v) is 7.24. The zero-order valence-electron chi connectivity index (χ0n) is 19.3. The largest absolute Gasteiger partial charge is 0.488 e. The van der Waals surface area contributed by atoms with Crippen LogP contribution in [0.25, 0.3) is 10.9 Å². The Morgan fingerprint density at radius 2 is 2.03 bits per heavy atom. The highest BCUT2D eigenvalue weighted by Crippen LogP contribution is 2.44. The first-order chi connectivity index (χ1) is 15.4. The summed E-state index contributed by atoms with van der Waals surface area (Å²) in [5.74, 6) is 0.934. The van der Waals surface area contributed by atoms with Gasteiger partial charge in [0.05, 0.1) is 22.1 Å². The maximum atomic E-state index is 13.1. The van der Waals surface area contributed by atoms with E-state index >= 15 is 0 Å². The molecule has 0 bridgehead atoms. The van der Waals surface area contributed by atoms with Crippen LogP contribution < -0.4 is 15.3 Å². The lowest BCUT2D eigenvalue weighted by Gasteiger charge is -2.45. The zero-order chi connectivity index (χ0) is 24.2. The summed E-state index contributed by atoms with van der Waals surface area (Å²) in [6.45, 7) is 10.2. The van der Waals surface area contributed by atoms with Gasteiger partial charge in [-0.25, -0.2) is 9.59 Å². The second-order valence-electron chi connectivity index (χ2n) is 9.62. The molecule has 1 fully saturated rings. The van der Waals surface area contributed by atoms with Crippen molar-refractivity contribution in [1.29, 1.82) is 0 Å². The normalized spacial score (nSPS) is 23.0. The number of hydrogen-bond acceptors (Lipinski definition) is 7. The molecule has 1 aromatic carbocycles. The number of amides is 1. The predicted octanol–water partition coefficient (Wildman–Crippen LogP) is 3.57. The molecule has 1 N–H and O–H groups in total. The zero-order valence-corrected chi connectivity index (χ0v) is 21.6. The minimum absolute atomic E-state index is 0.136. The fraction of sp³-hybridized carbons (Fsp3) is 0.591. The molecule has 9 nitrogen and oxygen atoms in total. The third kappa shape index (κ3) is 4.28. The standard InChI is InChI=1S/C22H28BrClN4O5/c1-11-8-27(21(31)33-22(3,4)5)12(2)7-26(11)19-14-6-15(24)16(23)18-17(14)28(20(30)25-19)13(9-29)10-32-18/h6,11-13,29H,7-10H2,1-5H3/t11-,12+,13?/m0/s1. The van der Waals surface area contributed by atoms with E-state index in [0.717, 1.165) is 0 Å². The van der Waals surface area contributed by atoms with Gasteiger partial charge in [-0.1, -0.05) is 11.6 Å². The van der Waals surface area contributed by atoms with Gasteiger partial charge in [0.15, 0.2) is 5.75 Å². The van der Waals surface area contributed by atoms with E-state index in [9.17, 15) is 14.7 Å². The molecule has 0 radical (unpaired) electrons. The number of nitrogens with zero attached hydrogens (tertiary/aromatic N) is 4. The molecule has 3 atom stereocenters. The average Bonchev–Trinajstić information content (AvgIpc) is 2.73. The molecule has 1 saturated heterocycles. The molecule has 1 aromatic heterocycles. The minimum Gasteiger partial charge on any atom is -0.488 e. The topological polar surface area (TPSA) is 97.1 Å². The Kier molecular flexibility index (Phi) is 6.30. The van der Waals surface area contributed by atoms with Crippen molar-refractivity contribution in [1.82, 2.24) is 14.5 Å². The number of anilines is 1. The van der Waals surface area contributed by atoms with Crippen LogP contribution in [0.4, 0.5) is 10.6 Å². The van der Waals surface area contributed by atoms with Crippen LogP contribution in [-0.2, 0) is 4.74 Å². The van der Waals surface area contributed by atoms with E-state index in [1.807, 2.05) is 39.5 Å². The molecular weight excluding hydrogens is 516 g/mol. The van der Waals surface area contributed by atoms with Crippen LogP contribution in [0.5, 0.6) is 5.75 Å². The van der Waals surface area contributed by atoms with E-state index < -0.39 is 17.3 Å². The van der Waals surface area contributed by atoms with Crippen molar-refractivity contribution in [3.8, 4) is 5.75 Å². The Labute approximate surface area is 205 Å². The Morgan fingerprint density at radius 3 is 2.67 bits per heavy atom. The first-order valence-corrected chi connectivity index (χ1v) is 12.0. The lowest BCUT2D eigenvalue weighted by atomic mass is 10.1. The highest BCUT2D eigenvalue weighted by Gasteiger charge is 2.37. The van der Waals surface area contributed by atoms with Gasteiger partial charge in [-0.15, -0.1) is 0 Å². The van der Waals surface area contributed by atoms with Crippen LogP contribution in [0.1, 0.15) is 40.7 Å². The Hall–Kier alpha value is -2.04. The third-order valence-electron chi connectivity index (χ3n) is 5.92. The van der Waals surface area contributed by atoms with E-state index in [-0.39, 0.29) is 31.4 Å². The van der Waals surface area contributed by atoms with Crippen molar-refractivity contribution < 1.29 is 19.4 Å². The molecule has 0 saturated carbocycles. The maximum Gasteiger partial charge on any atom is 0.410 e. The molecule has 11 heteroatoms. The first-order valence-electron chi connectivity index (χ1n) is 10.9. The van der Waals surface area contributed by atoms with Crippen LogP contribution in [0.3, 0.4) is 0 Å². The summed E-state index contributed by atoms with van der Waals surface area (Å²) in [7, 11) is 0. The predicted molar refractivity (Wildman–Crippen MR) is 130 cm³/mol. The molecule has 1 unspecified atom stereocenters. The summed E-state index contributed by atoms with van der Waals surface area (Å²) in [5.41, 5.74) is -0.512. The number of hydrogen-bond donors (Lipinski definition) is 1. The summed E-state index contributed by atoms with van der Waals surface area (Å²) in [4.78, 5) is 34.0. The number of carbonyl (C=O) groups is 1. The van der Waals surface area contributed by atoms with E-state index in [1.54, 1.807) is 11.0 Å². The first kappa shape index (κ1) is 24.1. The van der Waals surface area contributed by atoms with Gasteiger partial charge in [-0.3, -0.25) is 4.57 Å². The number of ether oxygens (including phenoxy) is 2. The number of aliphatic hydroxyl groups excluding tert-OH is 1. The van der Waals surface area contributed by atoms with Crippen LogP contribution in [0.15, 0.2) is 15.3 Å². The van der Waals surface area contributed by atoms with Gasteiger partial charge in [0, 0.05) is 30.6 Å². The van der Waals surface area contributed by atoms with E-state index in [0.29, 0.717) is 45.1 Å². The highest BCUT2D eigenvalue weighted by atomic mass is 79.9. The molecule has 3 heterocycles. The van der Waals surface area contributed by atoms with Crippen LogP contribution in [0.2, 0.25) is 5.02 Å². The molecule has 0 aliphatic carbocycles. The second-order valence-corrected chi connectivity index (χ2v) is 10.8. The SMILES string of the molecule is C[C@@H]1CN(c2nc(=O)n3c4c(c(Br)c(Cl)cc24)OCC3CO)[C@@H](C)CN1C(=O)OC(C)(C)C. The number of aromatic nitrogens is 2. The Bertz CT molecular complexity index is 1160. The number of carbonyl (C=O) groups excluding carboxylic acids is 1. The monoisotopic (exact) mass is 542 g/mol. The molecule has 180 valence electrons. The molecular formula is C22H28BrClN4O5. The second kappa shape index (κ2) is 8.63. The van der Waals surface area contributed by atoms with Crippen molar-refractivity contribution in [3.63, 3.8) is 0 Å². The molecule has 33 heavy (non-hydrogen) atoms. The molecule has 2 aromatic rings. The van der Waals surface area contributed by atoms with Gasteiger partial charge < -0.3 is 24.4 Å². The van der Waals surface area contributed by atoms with Crippen LogP contribution >= 0.6 is 27.5 Å². The number of halogens is 2. The molecule has 4 rings (SSSR count). The average molecular weight is 544 g/mol. The van der Waals surface area contributed by atoms with Crippen molar-refractivity contribution in [2.45, 2.75) is 58.3 Å². The van der Waals surface area contributed by atoms with Crippen molar-refractivity contribution >= 4 is 50.3 Å². The van der Waals surface area contributed by atoms with Crippen molar-refractivity contribution in [2.75, 3.05) is 31.2 Å². The fourth-order valence-corrected chi connectivity index (χ4v) is 4.99. The van der Waals surface area contributed by atoms with Gasteiger partial charge in [0.1, 0.15) is 23.5 Å². The van der Waals surface area contributed by atoms with E-state index in [4.69, 9.17) is 21.1 Å². The van der Waals surface area contributed by atoms with E-state index in [2.05, 4.69) is 20.9 Å². The maximum absolute atomic E-state index is 13.1. The number of rotatable bonds is 2. The van der Waals surface area contributed by atoms with Gasteiger partial charge in [0.25, 0.3) is 0 Å². The van der Waals surface area contributed by atoms with Crippen LogP contribution in [-0.4, -0.2) is 69.6 Å². The highest BCUT2D eigenvalue weighted by molar-refractivity contribution is 9.10. The van der Waals surface area contributed by atoms with Gasteiger partial charge in [-0.05, 0) is 56.6 Å². The summed E-state index contributed by atoms with van der Waals surface area (Å²) < 4.78 is 13.5.